The van der Waals surface area contributed by atoms with Crippen molar-refractivity contribution >= 4 is 23.4 Å². The fourth-order valence-electron chi connectivity index (χ4n) is 1.42. The fraction of sp³-hybridized carbons (Fsp3) is 0.182. The molecule has 0 aliphatic carbocycles. The molecule has 2 aromatic heterocycles. The molecule has 2 rings (SSSR count). The van der Waals surface area contributed by atoms with E-state index < -0.39 is 5.97 Å². The van der Waals surface area contributed by atoms with E-state index in [9.17, 15) is 4.79 Å². The molecule has 6 nitrogen and oxygen atoms in total. The maximum absolute atomic E-state index is 11.6. The number of rotatable bonds is 3. The molecule has 94 valence electrons. The van der Waals surface area contributed by atoms with Gasteiger partial charge >= 0.3 is 5.97 Å². The average Bonchev–Trinajstić information content (AvgIpc) is 2.71. The Morgan fingerprint density at radius 1 is 1.56 bits per heavy atom. The second-order valence-corrected chi connectivity index (χ2v) is 3.78. The van der Waals surface area contributed by atoms with Gasteiger partial charge in [0.15, 0.2) is 5.82 Å². The summed E-state index contributed by atoms with van der Waals surface area (Å²) in [5.74, 6) is 0.0991. The standard InChI is InChI=1S/C11H11ClN4O2/c1-2-18-11(17)7-6-14-16(10(7)13)9-5-3-4-8(12)15-9/h3-6H,2,13H2,1H3. The minimum absolute atomic E-state index is 0.170. The van der Waals surface area contributed by atoms with Crippen LogP contribution in [0.4, 0.5) is 5.82 Å². The molecule has 0 spiro atoms. The molecule has 0 saturated carbocycles. The number of esters is 1. The Morgan fingerprint density at radius 2 is 2.33 bits per heavy atom. The zero-order chi connectivity index (χ0) is 13.1. The number of nitrogens with zero attached hydrogens (tertiary/aromatic N) is 3. The monoisotopic (exact) mass is 266 g/mol. The van der Waals surface area contributed by atoms with Gasteiger partial charge in [-0.2, -0.15) is 9.78 Å². The van der Waals surface area contributed by atoms with Gasteiger partial charge in [0.05, 0.1) is 12.8 Å². The van der Waals surface area contributed by atoms with Crippen molar-refractivity contribution in [1.82, 2.24) is 14.8 Å². The van der Waals surface area contributed by atoms with Crippen LogP contribution in [0.25, 0.3) is 5.82 Å². The van der Waals surface area contributed by atoms with Crippen LogP contribution in [0.1, 0.15) is 17.3 Å². The number of anilines is 1. The Bertz CT molecular complexity index is 582. The first kappa shape index (κ1) is 12.4. The molecule has 0 fully saturated rings. The van der Waals surface area contributed by atoms with Gasteiger partial charge in [0.1, 0.15) is 16.5 Å². The van der Waals surface area contributed by atoms with Crippen LogP contribution in [-0.2, 0) is 4.74 Å². The molecule has 0 aromatic carbocycles. The van der Waals surface area contributed by atoms with E-state index in [0.717, 1.165) is 0 Å². The van der Waals surface area contributed by atoms with Crippen LogP contribution in [0.5, 0.6) is 0 Å². The van der Waals surface area contributed by atoms with Gasteiger partial charge in [0, 0.05) is 0 Å². The SMILES string of the molecule is CCOC(=O)c1cnn(-c2cccc(Cl)n2)c1N. The van der Waals surface area contributed by atoms with E-state index in [0.29, 0.717) is 11.0 Å². The quantitative estimate of drug-likeness (QED) is 0.675. The first-order valence-electron chi connectivity index (χ1n) is 5.27. The maximum Gasteiger partial charge on any atom is 0.343 e. The van der Waals surface area contributed by atoms with E-state index in [-0.39, 0.29) is 18.0 Å². The lowest BCUT2D eigenvalue weighted by molar-refractivity contribution is 0.0527. The highest BCUT2D eigenvalue weighted by molar-refractivity contribution is 6.29. The number of pyridine rings is 1. The topological polar surface area (TPSA) is 83.0 Å². The number of hydrogen-bond acceptors (Lipinski definition) is 5. The Labute approximate surface area is 108 Å². The summed E-state index contributed by atoms with van der Waals surface area (Å²) in [6.45, 7) is 2.00. The zero-order valence-corrected chi connectivity index (χ0v) is 10.4. The van der Waals surface area contributed by atoms with Crippen LogP contribution >= 0.6 is 11.6 Å². The molecule has 18 heavy (non-hydrogen) atoms. The lowest BCUT2D eigenvalue weighted by Gasteiger charge is -2.04. The van der Waals surface area contributed by atoms with E-state index in [4.69, 9.17) is 22.1 Å². The van der Waals surface area contributed by atoms with Gasteiger partial charge in [-0.25, -0.2) is 9.78 Å². The van der Waals surface area contributed by atoms with E-state index in [1.54, 1.807) is 25.1 Å². The van der Waals surface area contributed by atoms with Gasteiger partial charge in [-0.15, -0.1) is 0 Å². The normalized spacial score (nSPS) is 10.3. The summed E-state index contributed by atoms with van der Waals surface area (Å²) in [6, 6.07) is 5.04. The van der Waals surface area contributed by atoms with Crippen LogP contribution in [0.3, 0.4) is 0 Å². The van der Waals surface area contributed by atoms with Crippen molar-refractivity contribution in [3.05, 3.63) is 35.1 Å². The Morgan fingerprint density at radius 3 is 3.00 bits per heavy atom. The highest BCUT2D eigenvalue weighted by Gasteiger charge is 2.17. The number of aromatic nitrogens is 3. The van der Waals surface area contributed by atoms with E-state index in [1.807, 2.05) is 0 Å². The zero-order valence-electron chi connectivity index (χ0n) is 9.63. The van der Waals surface area contributed by atoms with Gasteiger partial charge in [-0.1, -0.05) is 17.7 Å². The molecule has 0 aliphatic rings. The number of nitrogens with two attached hydrogens (primary N) is 1. The predicted molar refractivity (Wildman–Crippen MR) is 66.7 cm³/mol. The molecule has 0 saturated heterocycles. The lowest BCUT2D eigenvalue weighted by atomic mass is 10.3. The summed E-state index contributed by atoms with van der Waals surface area (Å²) in [5, 5.41) is 4.32. The number of halogens is 1. The van der Waals surface area contributed by atoms with Gasteiger partial charge in [-0.3, -0.25) is 0 Å². The van der Waals surface area contributed by atoms with Gasteiger partial charge < -0.3 is 10.5 Å². The number of carbonyl (C=O) groups is 1. The van der Waals surface area contributed by atoms with Crippen molar-refractivity contribution in [3.8, 4) is 5.82 Å². The molecule has 2 N–H and O–H groups in total. The number of carbonyl (C=O) groups excluding carboxylic acids is 1. The summed E-state index contributed by atoms with van der Waals surface area (Å²) in [6.07, 6.45) is 1.34. The second-order valence-electron chi connectivity index (χ2n) is 3.39. The number of hydrogen-bond donors (Lipinski definition) is 1. The molecule has 0 bridgehead atoms. The van der Waals surface area contributed by atoms with Crippen molar-refractivity contribution in [2.45, 2.75) is 6.92 Å². The minimum atomic E-state index is -0.511. The Balaban J connectivity index is 2.39. The molecular formula is C11H11ClN4O2. The molecule has 0 atom stereocenters. The van der Waals surface area contributed by atoms with Crippen molar-refractivity contribution in [2.75, 3.05) is 12.3 Å². The molecular weight excluding hydrogens is 256 g/mol. The summed E-state index contributed by atoms with van der Waals surface area (Å²) >= 11 is 5.78. The van der Waals surface area contributed by atoms with Gasteiger partial charge in [0.2, 0.25) is 0 Å². The van der Waals surface area contributed by atoms with Crippen molar-refractivity contribution in [2.24, 2.45) is 0 Å². The fourth-order valence-corrected chi connectivity index (χ4v) is 1.58. The molecule has 0 aliphatic heterocycles. The molecule has 0 amide bonds. The predicted octanol–water partition coefficient (Wildman–Crippen LogP) is 1.68. The third kappa shape index (κ3) is 2.28. The molecule has 0 radical (unpaired) electrons. The van der Waals surface area contributed by atoms with Gasteiger partial charge in [0.25, 0.3) is 0 Å². The maximum atomic E-state index is 11.6. The van der Waals surface area contributed by atoms with Crippen LogP contribution in [0.2, 0.25) is 5.15 Å². The molecule has 7 heteroatoms. The molecule has 2 aromatic rings. The molecule has 2 heterocycles. The van der Waals surface area contributed by atoms with Crippen LogP contribution in [0.15, 0.2) is 24.4 Å². The third-order valence-electron chi connectivity index (χ3n) is 2.22. The third-order valence-corrected chi connectivity index (χ3v) is 2.43. The van der Waals surface area contributed by atoms with Crippen molar-refractivity contribution in [3.63, 3.8) is 0 Å². The number of ether oxygens (including phenoxy) is 1. The minimum Gasteiger partial charge on any atom is -0.462 e. The Hall–Kier alpha value is -2.08. The Kier molecular flexibility index (Phi) is 3.47. The summed E-state index contributed by atoms with van der Waals surface area (Å²) in [7, 11) is 0. The van der Waals surface area contributed by atoms with Crippen LogP contribution in [0, 0.1) is 0 Å². The van der Waals surface area contributed by atoms with E-state index in [2.05, 4.69) is 10.1 Å². The largest absolute Gasteiger partial charge is 0.462 e. The van der Waals surface area contributed by atoms with Crippen LogP contribution in [-0.4, -0.2) is 27.3 Å². The highest BCUT2D eigenvalue weighted by Crippen LogP contribution is 2.17. The van der Waals surface area contributed by atoms with E-state index >= 15 is 0 Å². The smallest absolute Gasteiger partial charge is 0.343 e. The first-order chi connectivity index (χ1) is 8.63. The summed E-state index contributed by atoms with van der Waals surface area (Å²) < 4.78 is 6.19. The first-order valence-corrected chi connectivity index (χ1v) is 5.64. The van der Waals surface area contributed by atoms with Crippen LogP contribution < -0.4 is 5.73 Å². The summed E-state index contributed by atoms with van der Waals surface area (Å²) in [5.41, 5.74) is 6.04. The average molecular weight is 267 g/mol. The second kappa shape index (κ2) is 5.05. The number of nitrogen functional groups attached to an aromatic ring is 1. The lowest BCUT2D eigenvalue weighted by Crippen LogP contribution is -2.09. The highest BCUT2D eigenvalue weighted by atomic mass is 35.5. The summed E-state index contributed by atoms with van der Waals surface area (Å²) in [4.78, 5) is 15.6. The van der Waals surface area contributed by atoms with Crippen molar-refractivity contribution in [1.29, 1.82) is 0 Å². The molecule has 0 unspecified atom stereocenters. The van der Waals surface area contributed by atoms with Gasteiger partial charge in [-0.05, 0) is 19.1 Å². The van der Waals surface area contributed by atoms with Crippen molar-refractivity contribution < 1.29 is 9.53 Å². The van der Waals surface area contributed by atoms with E-state index in [1.165, 1.54) is 10.9 Å².